The smallest absolute Gasteiger partial charge is 0.0323 e. The highest BCUT2D eigenvalue weighted by molar-refractivity contribution is 14.1. The van der Waals surface area contributed by atoms with Gasteiger partial charge in [0.15, 0.2) is 0 Å². The van der Waals surface area contributed by atoms with Gasteiger partial charge in [-0.15, -0.1) is 0 Å². The summed E-state index contributed by atoms with van der Waals surface area (Å²) < 4.78 is 1.28. The number of hydrogen-bond acceptors (Lipinski definition) is 1. The van der Waals surface area contributed by atoms with E-state index in [2.05, 4.69) is 46.9 Å². The first-order chi connectivity index (χ1) is 5.77. The minimum atomic E-state index is 0.278. The minimum Gasteiger partial charge on any atom is -0.324 e. The summed E-state index contributed by atoms with van der Waals surface area (Å²) in [6, 6.07) is 8.78. The highest BCUT2D eigenvalue weighted by Gasteiger charge is 2.29. The lowest BCUT2D eigenvalue weighted by Crippen LogP contribution is -2.12. The number of halogens is 1. The molecule has 1 fully saturated rings. The molecule has 0 heterocycles. The summed E-state index contributed by atoms with van der Waals surface area (Å²) in [6.45, 7) is 0. The van der Waals surface area contributed by atoms with Crippen LogP contribution in [0.1, 0.15) is 24.4 Å². The number of hydrogen-bond donors (Lipinski definition) is 1. The van der Waals surface area contributed by atoms with Gasteiger partial charge >= 0.3 is 0 Å². The van der Waals surface area contributed by atoms with E-state index in [0.717, 1.165) is 5.92 Å². The standard InChI is InChI=1S/C10H12IN/c11-9-3-1-2-8(6-9)10(12)7-4-5-7/h1-3,6-7,10H,4-5,12H2. The normalized spacial score (nSPS) is 19.2. The Balaban J connectivity index is 2.20. The molecule has 2 rings (SSSR count). The van der Waals surface area contributed by atoms with E-state index in [0.29, 0.717) is 0 Å². The van der Waals surface area contributed by atoms with Crippen LogP contribution in [0.4, 0.5) is 0 Å². The van der Waals surface area contributed by atoms with Crippen molar-refractivity contribution in [3.8, 4) is 0 Å². The van der Waals surface area contributed by atoms with E-state index in [1.807, 2.05) is 0 Å². The van der Waals surface area contributed by atoms with Crippen molar-refractivity contribution in [2.75, 3.05) is 0 Å². The Hall–Kier alpha value is -0.0900. The van der Waals surface area contributed by atoms with Gasteiger partial charge in [-0.25, -0.2) is 0 Å². The molecule has 0 radical (unpaired) electrons. The van der Waals surface area contributed by atoms with Crippen molar-refractivity contribution in [2.24, 2.45) is 11.7 Å². The molecule has 1 aliphatic rings. The fraction of sp³-hybridized carbons (Fsp3) is 0.400. The van der Waals surface area contributed by atoms with Crippen LogP contribution in [0.5, 0.6) is 0 Å². The maximum Gasteiger partial charge on any atom is 0.0323 e. The summed E-state index contributed by atoms with van der Waals surface area (Å²) in [6.07, 6.45) is 2.62. The monoisotopic (exact) mass is 273 g/mol. The van der Waals surface area contributed by atoms with Gasteiger partial charge in [0, 0.05) is 9.61 Å². The van der Waals surface area contributed by atoms with E-state index in [4.69, 9.17) is 5.73 Å². The van der Waals surface area contributed by atoms with Crippen molar-refractivity contribution < 1.29 is 0 Å². The zero-order chi connectivity index (χ0) is 8.55. The molecule has 0 spiro atoms. The lowest BCUT2D eigenvalue weighted by Gasteiger charge is -2.10. The first-order valence-electron chi connectivity index (χ1n) is 4.28. The van der Waals surface area contributed by atoms with E-state index < -0.39 is 0 Å². The Morgan fingerprint density at radius 2 is 2.17 bits per heavy atom. The predicted octanol–water partition coefficient (Wildman–Crippen LogP) is 2.70. The average Bonchev–Trinajstić information content (AvgIpc) is 2.85. The van der Waals surface area contributed by atoms with Gasteiger partial charge in [0.2, 0.25) is 0 Å². The summed E-state index contributed by atoms with van der Waals surface area (Å²) in [7, 11) is 0. The Kier molecular flexibility index (Phi) is 2.37. The van der Waals surface area contributed by atoms with Gasteiger partial charge in [-0.2, -0.15) is 0 Å². The Labute approximate surface area is 86.5 Å². The molecule has 0 aliphatic heterocycles. The van der Waals surface area contributed by atoms with Crippen molar-refractivity contribution in [1.29, 1.82) is 0 Å². The number of benzene rings is 1. The maximum atomic E-state index is 6.07. The van der Waals surface area contributed by atoms with Crippen LogP contribution >= 0.6 is 22.6 Å². The molecular weight excluding hydrogens is 261 g/mol. The van der Waals surface area contributed by atoms with Crippen LogP contribution in [0.25, 0.3) is 0 Å². The molecule has 0 bridgehead atoms. The van der Waals surface area contributed by atoms with Crippen molar-refractivity contribution in [3.05, 3.63) is 33.4 Å². The topological polar surface area (TPSA) is 26.0 Å². The van der Waals surface area contributed by atoms with Gasteiger partial charge in [0.1, 0.15) is 0 Å². The first kappa shape index (κ1) is 8.51. The number of rotatable bonds is 2. The van der Waals surface area contributed by atoms with E-state index >= 15 is 0 Å². The molecule has 0 aromatic heterocycles. The fourth-order valence-electron chi connectivity index (χ4n) is 1.44. The van der Waals surface area contributed by atoms with Crippen LogP contribution in [0, 0.1) is 9.49 Å². The van der Waals surface area contributed by atoms with Crippen LogP contribution in [-0.4, -0.2) is 0 Å². The zero-order valence-electron chi connectivity index (χ0n) is 6.83. The molecule has 2 N–H and O–H groups in total. The molecule has 2 heteroatoms. The van der Waals surface area contributed by atoms with E-state index in [9.17, 15) is 0 Å². The van der Waals surface area contributed by atoms with Gasteiger partial charge < -0.3 is 5.73 Å². The molecule has 12 heavy (non-hydrogen) atoms. The lowest BCUT2D eigenvalue weighted by atomic mass is 10.0. The van der Waals surface area contributed by atoms with Crippen LogP contribution < -0.4 is 5.73 Å². The molecule has 0 saturated heterocycles. The SMILES string of the molecule is NC(c1cccc(I)c1)C1CC1. The second kappa shape index (κ2) is 3.34. The first-order valence-corrected chi connectivity index (χ1v) is 5.36. The summed E-state index contributed by atoms with van der Waals surface area (Å²) in [5, 5.41) is 0. The Bertz CT molecular complexity index is 281. The summed E-state index contributed by atoms with van der Waals surface area (Å²) >= 11 is 2.33. The second-order valence-electron chi connectivity index (χ2n) is 3.42. The third-order valence-corrected chi connectivity index (χ3v) is 3.03. The molecule has 1 unspecified atom stereocenters. The highest BCUT2D eigenvalue weighted by Crippen LogP contribution is 2.39. The van der Waals surface area contributed by atoms with Crippen molar-refractivity contribution in [1.82, 2.24) is 0 Å². The summed E-state index contributed by atoms with van der Waals surface area (Å²) in [5.41, 5.74) is 7.36. The third-order valence-electron chi connectivity index (χ3n) is 2.36. The zero-order valence-corrected chi connectivity index (χ0v) is 8.99. The van der Waals surface area contributed by atoms with Gasteiger partial charge in [-0.3, -0.25) is 0 Å². The van der Waals surface area contributed by atoms with Gasteiger partial charge in [-0.05, 0) is 59.0 Å². The van der Waals surface area contributed by atoms with Gasteiger partial charge in [-0.1, -0.05) is 12.1 Å². The van der Waals surface area contributed by atoms with E-state index in [1.165, 1.54) is 22.0 Å². The van der Waals surface area contributed by atoms with Gasteiger partial charge in [0.25, 0.3) is 0 Å². The maximum absolute atomic E-state index is 6.07. The van der Waals surface area contributed by atoms with E-state index in [1.54, 1.807) is 0 Å². The minimum absolute atomic E-state index is 0.278. The van der Waals surface area contributed by atoms with Gasteiger partial charge in [0.05, 0.1) is 0 Å². The molecule has 64 valence electrons. The molecular formula is C10H12IN. The lowest BCUT2D eigenvalue weighted by molar-refractivity contribution is 0.633. The second-order valence-corrected chi connectivity index (χ2v) is 4.66. The highest BCUT2D eigenvalue weighted by atomic mass is 127. The van der Waals surface area contributed by atoms with E-state index in [-0.39, 0.29) is 6.04 Å². The molecule has 1 aromatic rings. The molecule has 1 nitrogen and oxygen atoms in total. The Morgan fingerprint density at radius 3 is 2.75 bits per heavy atom. The third kappa shape index (κ3) is 1.80. The molecule has 1 aromatic carbocycles. The van der Waals surface area contributed by atoms with Crippen molar-refractivity contribution >= 4 is 22.6 Å². The molecule has 1 saturated carbocycles. The summed E-state index contributed by atoms with van der Waals surface area (Å²) in [4.78, 5) is 0. The van der Waals surface area contributed by atoms with Crippen molar-refractivity contribution in [2.45, 2.75) is 18.9 Å². The van der Waals surface area contributed by atoms with Crippen LogP contribution in [0.15, 0.2) is 24.3 Å². The van der Waals surface area contributed by atoms with Crippen LogP contribution in [0.2, 0.25) is 0 Å². The molecule has 1 atom stereocenters. The van der Waals surface area contributed by atoms with Crippen molar-refractivity contribution in [3.63, 3.8) is 0 Å². The predicted molar refractivity (Wildman–Crippen MR) is 58.8 cm³/mol. The number of nitrogens with two attached hydrogens (primary N) is 1. The largest absolute Gasteiger partial charge is 0.324 e. The summed E-state index contributed by atoms with van der Waals surface area (Å²) in [5.74, 6) is 0.753. The Morgan fingerprint density at radius 1 is 1.42 bits per heavy atom. The molecule has 1 aliphatic carbocycles. The quantitative estimate of drug-likeness (QED) is 0.824. The van der Waals surface area contributed by atoms with Crippen LogP contribution in [-0.2, 0) is 0 Å². The average molecular weight is 273 g/mol. The fourth-order valence-corrected chi connectivity index (χ4v) is 2.01. The van der Waals surface area contributed by atoms with Crippen LogP contribution in [0.3, 0.4) is 0 Å². The molecule has 0 amide bonds.